The van der Waals surface area contributed by atoms with E-state index in [1.807, 2.05) is 0 Å². The number of carbonyl (C=O) groups excluding carboxylic acids is 1. The lowest BCUT2D eigenvalue weighted by atomic mass is 10.1. The summed E-state index contributed by atoms with van der Waals surface area (Å²) in [5.74, 6) is -7.75. The summed E-state index contributed by atoms with van der Waals surface area (Å²) in [6.07, 6.45) is 0. The quantitative estimate of drug-likeness (QED) is 0.487. The lowest BCUT2D eigenvalue weighted by molar-refractivity contribution is 0.0691. The number of carboxylic acids is 1. The molecule has 2 rings (SSSR count). The Balaban J connectivity index is 0.000000240. The Morgan fingerprint density at radius 3 is 1.46 bits per heavy atom. The van der Waals surface area contributed by atoms with E-state index in [1.54, 1.807) is 0 Å². The van der Waals surface area contributed by atoms with E-state index in [-0.39, 0.29) is 11.4 Å². The van der Waals surface area contributed by atoms with E-state index >= 15 is 0 Å². The number of amides is 1. The molecular formula is C14H11F4N3O3. The SMILES string of the molecule is NC(=O)c1c(N)ccc(F)c1F.Nc1ccc(F)c(F)c1C(=O)O. The van der Waals surface area contributed by atoms with Crippen LogP contribution in [0.1, 0.15) is 20.7 Å². The van der Waals surface area contributed by atoms with Crippen molar-refractivity contribution in [2.75, 3.05) is 11.5 Å². The Morgan fingerprint density at radius 1 is 0.792 bits per heavy atom. The molecule has 0 bridgehead atoms. The minimum absolute atomic E-state index is 0.165. The Hall–Kier alpha value is -3.30. The van der Waals surface area contributed by atoms with Gasteiger partial charge in [0.25, 0.3) is 5.91 Å². The third-order valence-corrected chi connectivity index (χ3v) is 2.71. The maximum Gasteiger partial charge on any atom is 0.340 e. The van der Waals surface area contributed by atoms with Crippen LogP contribution in [0.4, 0.5) is 28.9 Å². The van der Waals surface area contributed by atoms with E-state index < -0.39 is 46.3 Å². The number of nitrogen functional groups attached to an aromatic ring is 2. The molecular weight excluding hydrogens is 334 g/mol. The van der Waals surface area contributed by atoms with Crippen molar-refractivity contribution >= 4 is 23.3 Å². The average Bonchev–Trinajstić information content (AvgIpc) is 2.48. The lowest BCUT2D eigenvalue weighted by Crippen LogP contribution is -2.16. The fraction of sp³-hybridized carbons (Fsp3) is 0. The number of carboxylic acid groups (broad SMARTS) is 1. The molecule has 7 N–H and O–H groups in total. The van der Waals surface area contributed by atoms with E-state index in [4.69, 9.17) is 22.3 Å². The van der Waals surface area contributed by atoms with Crippen LogP contribution in [-0.2, 0) is 0 Å². The summed E-state index contributed by atoms with van der Waals surface area (Å²) in [5, 5.41) is 8.38. The first-order valence-corrected chi connectivity index (χ1v) is 6.08. The highest BCUT2D eigenvalue weighted by Gasteiger charge is 2.17. The van der Waals surface area contributed by atoms with Gasteiger partial charge in [-0.2, -0.15) is 0 Å². The molecule has 0 aliphatic rings. The molecule has 0 unspecified atom stereocenters. The van der Waals surface area contributed by atoms with Crippen LogP contribution >= 0.6 is 0 Å². The zero-order chi connectivity index (χ0) is 18.6. The minimum atomic E-state index is -1.58. The van der Waals surface area contributed by atoms with Crippen molar-refractivity contribution in [2.45, 2.75) is 0 Å². The van der Waals surface area contributed by atoms with Crippen LogP contribution in [0, 0.1) is 23.3 Å². The maximum atomic E-state index is 12.8. The van der Waals surface area contributed by atoms with Crippen LogP contribution in [0.2, 0.25) is 0 Å². The predicted octanol–water partition coefficient (Wildman–Crippen LogP) is 1.89. The van der Waals surface area contributed by atoms with Gasteiger partial charge in [-0.05, 0) is 24.3 Å². The lowest BCUT2D eigenvalue weighted by Gasteiger charge is -2.02. The number of aromatic carboxylic acids is 1. The molecule has 0 radical (unpaired) electrons. The number of anilines is 2. The number of nitrogens with two attached hydrogens (primary N) is 3. The van der Waals surface area contributed by atoms with Gasteiger partial charge in [0, 0.05) is 11.4 Å². The van der Waals surface area contributed by atoms with Crippen molar-refractivity contribution in [3.63, 3.8) is 0 Å². The number of benzene rings is 2. The molecule has 0 heterocycles. The number of halogens is 4. The molecule has 0 fully saturated rings. The van der Waals surface area contributed by atoms with Gasteiger partial charge in [-0.3, -0.25) is 4.79 Å². The van der Waals surface area contributed by atoms with Gasteiger partial charge < -0.3 is 22.3 Å². The zero-order valence-electron chi connectivity index (χ0n) is 11.8. The number of rotatable bonds is 2. The largest absolute Gasteiger partial charge is 0.478 e. The normalized spacial score (nSPS) is 9.83. The summed E-state index contributed by atoms with van der Waals surface area (Å²) >= 11 is 0. The first kappa shape index (κ1) is 18.7. The molecule has 0 atom stereocenters. The summed E-state index contributed by atoms with van der Waals surface area (Å²) in [4.78, 5) is 20.8. The first-order valence-electron chi connectivity index (χ1n) is 6.08. The van der Waals surface area contributed by atoms with Crippen molar-refractivity contribution < 1.29 is 32.3 Å². The molecule has 2 aromatic carbocycles. The van der Waals surface area contributed by atoms with Crippen LogP contribution in [-0.4, -0.2) is 17.0 Å². The smallest absolute Gasteiger partial charge is 0.340 e. The molecule has 0 aliphatic carbocycles. The van der Waals surface area contributed by atoms with Crippen molar-refractivity contribution in [1.82, 2.24) is 0 Å². The molecule has 0 aliphatic heterocycles. The minimum Gasteiger partial charge on any atom is -0.478 e. The third-order valence-electron chi connectivity index (χ3n) is 2.71. The average molecular weight is 345 g/mol. The van der Waals surface area contributed by atoms with Crippen molar-refractivity contribution in [3.8, 4) is 0 Å². The fourth-order valence-corrected chi connectivity index (χ4v) is 1.60. The first-order chi connectivity index (χ1) is 11.1. The second-order valence-electron chi connectivity index (χ2n) is 4.32. The molecule has 24 heavy (non-hydrogen) atoms. The van der Waals surface area contributed by atoms with Crippen LogP contribution in [0.15, 0.2) is 24.3 Å². The number of primary amides is 1. The monoisotopic (exact) mass is 345 g/mol. The van der Waals surface area contributed by atoms with E-state index in [1.165, 1.54) is 0 Å². The molecule has 0 saturated carbocycles. The highest BCUT2D eigenvalue weighted by molar-refractivity contribution is 5.98. The number of hydrogen-bond donors (Lipinski definition) is 4. The fourth-order valence-electron chi connectivity index (χ4n) is 1.60. The summed E-state index contributed by atoms with van der Waals surface area (Å²) in [7, 11) is 0. The van der Waals surface area contributed by atoms with E-state index in [0.717, 1.165) is 24.3 Å². The molecule has 2 aromatic rings. The van der Waals surface area contributed by atoms with Crippen LogP contribution in [0.3, 0.4) is 0 Å². The van der Waals surface area contributed by atoms with Crippen molar-refractivity contribution in [1.29, 1.82) is 0 Å². The molecule has 6 nitrogen and oxygen atoms in total. The number of carbonyl (C=O) groups is 2. The van der Waals surface area contributed by atoms with Gasteiger partial charge in [0.2, 0.25) is 0 Å². The van der Waals surface area contributed by atoms with Crippen LogP contribution in [0.25, 0.3) is 0 Å². The van der Waals surface area contributed by atoms with Crippen LogP contribution in [0.5, 0.6) is 0 Å². The molecule has 10 heteroatoms. The topological polar surface area (TPSA) is 132 Å². The van der Waals surface area contributed by atoms with Gasteiger partial charge >= 0.3 is 5.97 Å². The molecule has 0 aromatic heterocycles. The summed E-state index contributed by atoms with van der Waals surface area (Å²) < 4.78 is 50.3. The zero-order valence-corrected chi connectivity index (χ0v) is 11.8. The van der Waals surface area contributed by atoms with Gasteiger partial charge in [-0.25, -0.2) is 22.4 Å². The van der Waals surface area contributed by atoms with E-state index in [9.17, 15) is 27.2 Å². The van der Waals surface area contributed by atoms with Crippen LogP contribution < -0.4 is 17.2 Å². The van der Waals surface area contributed by atoms with Gasteiger partial charge in [0.15, 0.2) is 23.3 Å². The Morgan fingerprint density at radius 2 is 1.17 bits per heavy atom. The molecule has 128 valence electrons. The molecule has 0 spiro atoms. The summed E-state index contributed by atoms with van der Waals surface area (Å²) in [6.45, 7) is 0. The van der Waals surface area contributed by atoms with Crippen molar-refractivity contribution in [2.24, 2.45) is 5.73 Å². The summed E-state index contributed by atoms with van der Waals surface area (Å²) in [5.41, 5.74) is 13.2. The predicted molar refractivity (Wildman–Crippen MR) is 77.0 cm³/mol. The van der Waals surface area contributed by atoms with E-state index in [0.29, 0.717) is 0 Å². The second-order valence-corrected chi connectivity index (χ2v) is 4.32. The van der Waals surface area contributed by atoms with Gasteiger partial charge in [-0.15, -0.1) is 0 Å². The molecule has 0 saturated heterocycles. The van der Waals surface area contributed by atoms with Crippen molar-refractivity contribution in [3.05, 3.63) is 58.7 Å². The Labute approximate surface area is 132 Å². The number of hydrogen-bond acceptors (Lipinski definition) is 4. The standard InChI is InChI=1S/C7H6F2N2O.C7H5F2NO2/c2*8-3-1-2-4(10)5(6(3)9)7(11)12/h1-2H,10H2,(H2,11,12);1-2H,10H2,(H,11,12). The Kier molecular flexibility index (Phi) is 5.71. The van der Waals surface area contributed by atoms with E-state index in [2.05, 4.69) is 0 Å². The highest BCUT2D eigenvalue weighted by Crippen LogP contribution is 2.18. The maximum absolute atomic E-state index is 12.8. The highest BCUT2D eigenvalue weighted by atomic mass is 19.2. The van der Waals surface area contributed by atoms with Gasteiger partial charge in [0.05, 0.1) is 0 Å². The van der Waals surface area contributed by atoms with Gasteiger partial charge in [-0.1, -0.05) is 0 Å². The van der Waals surface area contributed by atoms with Gasteiger partial charge in [0.1, 0.15) is 11.1 Å². The summed E-state index contributed by atoms with van der Waals surface area (Å²) in [6, 6.07) is 3.69. The Bertz CT molecular complexity index is 745. The third kappa shape index (κ3) is 3.91. The molecule has 1 amide bonds. The second kappa shape index (κ2) is 7.31.